The Balaban J connectivity index is 2.25. The summed E-state index contributed by atoms with van der Waals surface area (Å²) in [5.74, 6) is 0.767. The van der Waals surface area contributed by atoms with Crippen LogP contribution in [-0.2, 0) is 0 Å². The standard InChI is InChI=1S/C18H39N3/c1-7-11-19-18-10-14-21(17(5)16(18)4)13-9-8-12-20(6)15(2)3/h15-19H,7-14H2,1-6H3. The monoisotopic (exact) mass is 297 g/mol. The highest BCUT2D eigenvalue weighted by Crippen LogP contribution is 2.24. The van der Waals surface area contributed by atoms with Gasteiger partial charge in [0.25, 0.3) is 0 Å². The maximum Gasteiger partial charge on any atom is 0.0120 e. The predicted molar refractivity (Wildman–Crippen MR) is 93.9 cm³/mol. The highest BCUT2D eigenvalue weighted by atomic mass is 15.2. The molecular formula is C18H39N3. The van der Waals surface area contributed by atoms with E-state index in [1.807, 2.05) is 0 Å². The van der Waals surface area contributed by atoms with Crippen LogP contribution in [0.4, 0.5) is 0 Å². The molecule has 3 nitrogen and oxygen atoms in total. The van der Waals surface area contributed by atoms with Crippen LogP contribution in [0.5, 0.6) is 0 Å². The van der Waals surface area contributed by atoms with Crippen LogP contribution in [0.1, 0.15) is 60.3 Å². The molecule has 0 aromatic carbocycles. The Bertz CT molecular complexity index is 267. The summed E-state index contributed by atoms with van der Waals surface area (Å²) < 4.78 is 0. The maximum atomic E-state index is 3.73. The lowest BCUT2D eigenvalue weighted by molar-refractivity contribution is 0.0824. The van der Waals surface area contributed by atoms with Crippen molar-refractivity contribution in [3.63, 3.8) is 0 Å². The van der Waals surface area contributed by atoms with E-state index in [1.54, 1.807) is 0 Å². The maximum absolute atomic E-state index is 3.73. The van der Waals surface area contributed by atoms with E-state index in [0.717, 1.165) is 18.0 Å². The Hall–Kier alpha value is -0.120. The first-order valence-electron chi connectivity index (χ1n) is 9.15. The Morgan fingerprint density at radius 2 is 1.95 bits per heavy atom. The predicted octanol–water partition coefficient (Wildman–Crippen LogP) is 3.21. The average molecular weight is 298 g/mol. The van der Waals surface area contributed by atoms with Gasteiger partial charge in [0, 0.05) is 18.1 Å². The third kappa shape index (κ3) is 6.25. The Morgan fingerprint density at radius 1 is 1.24 bits per heavy atom. The number of rotatable bonds is 9. The third-order valence-corrected chi connectivity index (χ3v) is 5.44. The highest BCUT2D eigenvalue weighted by Gasteiger charge is 2.31. The molecule has 3 unspecified atom stereocenters. The number of likely N-dealkylation sites (tertiary alicyclic amines) is 1. The second-order valence-corrected chi connectivity index (χ2v) is 7.27. The van der Waals surface area contributed by atoms with Gasteiger partial charge in [-0.1, -0.05) is 13.8 Å². The van der Waals surface area contributed by atoms with Crippen molar-refractivity contribution in [3.05, 3.63) is 0 Å². The van der Waals surface area contributed by atoms with Gasteiger partial charge in [-0.2, -0.15) is 0 Å². The first kappa shape index (κ1) is 18.9. The quantitative estimate of drug-likeness (QED) is 0.659. The van der Waals surface area contributed by atoms with Gasteiger partial charge in [-0.15, -0.1) is 0 Å². The van der Waals surface area contributed by atoms with E-state index in [4.69, 9.17) is 0 Å². The first-order chi connectivity index (χ1) is 9.97. The highest BCUT2D eigenvalue weighted by molar-refractivity contribution is 4.88. The van der Waals surface area contributed by atoms with E-state index in [0.29, 0.717) is 6.04 Å². The molecule has 21 heavy (non-hydrogen) atoms. The smallest absolute Gasteiger partial charge is 0.0120 e. The molecule has 1 rings (SSSR count). The number of unbranched alkanes of at least 4 members (excludes halogenated alkanes) is 1. The molecule has 0 radical (unpaired) electrons. The van der Waals surface area contributed by atoms with Gasteiger partial charge in [-0.3, -0.25) is 0 Å². The van der Waals surface area contributed by atoms with Crippen LogP contribution in [0, 0.1) is 5.92 Å². The van der Waals surface area contributed by atoms with E-state index < -0.39 is 0 Å². The van der Waals surface area contributed by atoms with Crippen molar-refractivity contribution < 1.29 is 0 Å². The molecule has 0 amide bonds. The van der Waals surface area contributed by atoms with Gasteiger partial charge in [0.2, 0.25) is 0 Å². The molecule has 0 aromatic heterocycles. The second kappa shape index (κ2) is 9.81. The first-order valence-corrected chi connectivity index (χ1v) is 9.15. The van der Waals surface area contributed by atoms with Gasteiger partial charge in [-0.25, -0.2) is 0 Å². The Kier molecular flexibility index (Phi) is 8.84. The van der Waals surface area contributed by atoms with Gasteiger partial charge in [0.05, 0.1) is 0 Å². The van der Waals surface area contributed by atoms with E-state index in [9.17, 15) is 0 Å². The topological polar surface area (TPSA) is 18.5 Å². The molecule has 0 bridgehead atoms. The zero-order chi connectivity index (χ0) is 15.8. The molecule has 1 aliphatic heterocycles. The molecule has 3 heteroatoms. The van der Waals surface area contributed by atoms with Crippen molar-refractivity contribution in [2.75, 3.05) is 33.2 Å². The minimum atomic E-state index is 0.671. The Labute approximate surface area is 133 Å². The Morgan fingerprint density at radius 3 is 2.57 bits per heavy atom. The van der Waals surface area contributed by atoms with Crippen LogP contribution in [0.15, 0.2) is 0 Å². The summed E-state index contributed by atoms with van der Waals surface area (Å²) in [6, 6.07) is 2.11. The van der Waals surface area contributed by atoms with Gasteiger partial charge < -0.3 is 15.1 Å². The summed E-state index contributed by atoms with van der Waals surface area (Å²) in [4.78, 5) is 5.16. The van der Waals surface area contributed by atoms with Crippen LogP contribution in [0.3, 0.4) is 0 Å². The van der Waals surface area contributed by atoms with E-state index in [-0.39, 0.29) is 0 Å². The molecule has 1 heterocycles. The van der Waals surface area contributed by atoms with Crippen molar-refractivity contribution in [2.24, 2.45) is 5.92 Å². The van der Waals surface area contributed by atoms with E-state index in [1.165, 1.54) is 51.9 Å². The fourth-order valence-corrected chi connectivity index (χ4v) is 3.31. The van der Waals surface area contributed by atoms with Gasteiger partial charge >= 0.3 is 0 Å². The zero-order valence-corrected chi connectivity index (χ0v) is 15.4. The molecule has 1 aliphatic rings. The summed E-state index contributed by atoms with van der Waals surface area (Å²) in [5, 5.41) is 3.73. The molecule has 0 saturated carbocycles. The molecule has 0 spiro atoms. The minimum Gasteiger partial charge on any atom is -0.314 e. The van der Waals surface area contributed by atoms with Gasteiger partial charge in [0.15, 0.2) is 0 Å². The SMILES string of the molecule is CCCNC1CCN(CCCCN(C)C(C)C)C(C)C1C. The summed E-state index contributed by atoms with van der Waals surface area (Å²) in [7, 11) is 2.24. The lowest BCUT2D eigenvalue weighted by Crippen LogP contribution is -2.53. The van der Waals surface area contributed by atoms with Crippen LogP contribution in [0.25, 0.3) is 0 Å². The fourth-order valence-electron chi connectivity index (χ4n) is 3.31. The number of nitrogens with one attached hydrogen (secondary N) is 1. The van der Waals surface area contributed by atoms with Crippen LogP contribution >= 0.6 is 0 Å². The molecule has 1 saturated heterocycles. The lowest BCUT2D eigenvalue weighted by Gasteiger charge is -2.43. The van der Waals surface area contributed by atoms with Crippen molar-refractivity contribution in [3.8, 4) is 0 Å². The van der Waals surface area contributed by atoms with Crippen LogP contribution < -0.4 is 5.32 Å². The molecule has 1 fully saturated rings. The van der Waals surface area contributed by atoms with Crippen LogP contribution in [-0.4, -0.2) is 61.2 Å². The molecule has 0 aliphatic carbocycles. The second-order valence-electron chi connectivity index (χ2n) is 7.27. The van der Waals surface area contributed by atoms with Crippen molar-refractivity contribution in [1.82, 2.24) is 15.1 Å². The summed E-state index contributed by atoms with van der Waals surface area (Å²) in [5.41, 5.74) is 0. The summed E-state index contributed by atoms with van der Waals surface area (Å²) in [6.45, 7) is 16.6. The fraction of sp³-hybridized carbons (Fsp3) is 1.00. The molecule has 126 valence electrons. The molecular weight excluding hydrogens is 258 g/mol. The zero-order valence-electron chi connectivity index (χ0n) is 15.4. The minimum absolute atomic E-state index is 0.671. The van der Waals surface area contributed by atoms with E-state index >= 15 is 0 Å². The molecule has 3 atom stereocenters. The number of hydrogen-bond acceptors (Lipinski definition) is 3. The molecule has 1 N–H and O–H groups in total. The number of nitrogens with zero attached hydrogens (tertiary/aromatic N) is 2. The van der Waals surface area contributed by atoms with E-state index in [2.05, 4.69) is 56.8 Å². The summed E-state index contributed by atoms with van der Waals surface area (Å²) >= 11 is 0. The summed E-state index contributed by atoms with van der Waals surface area (Å²) in [6.07, 6.45) is 5.22. The van der Waals surface area contributed by atoms with Crippen molar-refractivity contribution in [2.45, 2.75) is 78.4 Å². The van der Waals surface area contributed by atoms with Crippen molar-refractivity contribution in [1.29, 1.82) is 0 Å². The largest absolute Gasteiger partial charge is 0.314 e. The van der Waals surface area contributed by atoms with Gasteiger partial charge in [0.1, 0.15) is 0 Å². The number of hydrogen-bond donors (Lipinski definition) is 1. The van der Waals surface area contributed by atoms with Gasteiger partial charge in [-0.05, 0) is 85.6 Å². The number of piperidine rings is 1. The van der Waals surface area contributed by atoms with Crippen molar-refractivity contribution >= 4 is 0 Å². The molecule has 0 aromatic rings. The average Bonchev–Trinajstić information content (AvgIpc) is 2.46. The normalized spacial score (nSPS) is 27.7. The third-order valence-electron chi connectivity index (χ3n) is 5.44. The van der Waals surface area contributed by atoms with Crippen LogP contribution in [0.2, 0.25) is 0 Å². The lowest BCUT2D eigenvalue weighted by atomic mass is 9.86.